The quantitative estimate of drug-likeness (QED) is 0.854. The second kappa shape index (κ2) is 7.00. The third-order valence-corrected chi connectivity index (χ3v) is 4.40. The molecule has 0 bridgehead atoms. The minimum atomic E-state index is -0.460. The summed E-state index contributed by atoms with van der Waals surface area (Å²) in [7, 11) is 0. The number of aryl methyl sites for hydroxylation is 1. The van der Waals surface area contributed by atoms with Gasteiger partial charge in [0.15, 0.2) is 5.76 Å². The fourth-order valence-electron chi connectivity index (χ4n) is 3.04. The van der Waals surface area contributed by atoms with Gasteiger partial charge >= 0.3 is 0 Å². The topological polar surface area (TPSA) is 88.5 Å². The number of aliphatic hydroxyl groups is 1. The van der Waals surface area contributed by atoms with Crippen molar-refractivity contribution in [3.8, 4) is 11.7 Å². The zero-order valence-electron chi connectivity index (χ0n) is 13.2. The molecule has 1 saturated carbocycles. The first kappa shape index (κ1) is 15.8. The lowest BCUT2D eigenvalue weighted by atomic mass is 10.0. The van der Waals surface area contributed by atoms with Gasteiger partial charge in [0.25, 0.3) is 5.89 Å². The van der Waals surface area contributed by atoms with Crippen molar-refractivity contribution in [3.63, 3.8) is 0 Å². The number of hydrogen-bond donors (Lipinski definition) is 2. The van der Waals surface area contributed by atoms with Crippen molar-refractivity contribution in [2.45, 2.75) is 45.1 Å². The number of aromatic nitrogens is 1. The number of carbonyl (C=O) groups excluding carboxylic acids is 1. The van der Waals surface area contributed by atoms with Gasteiger partial charge in [-0.15, -0.1) is 0 Å². The lowest BCUT2D eigenvalue weighted by Crippen LogP contribution is -2.36. The molecule has 0 aliphatic heterocycles. The highest BCUT2D eigenvalue weighted by Crippen LogP contribution is 2.27. The van der Waals surface area contributed by atoms with E-state index in [0.29, 0.717) is 35.6 Å². The van der Waals surface area contributed by atoms with E-state index < -0.39 is 6.10 Å². The van der Waals surface area contributed by atoms with Gasteiger partial charge in [0.1, 0.15) is 5.76 Å². The molecule has 1 aliphatic rings. The molecule has 1 unspecified atom stereocenters. The van der Waals surface area contributed by atoms with Crippen LogP contribution in [-0.4, -0.2) is 28.6 Å². The predicted molar refractivity (Wildman–Crippen MR) is 83.6 cm³/mol. The van der Waals surface area contributed by atoms with Gasteiger partial charge in [-0.05, 0) is 37.8 Å². The Morgan fingerprint density at radius 1 is 1.48 bits per heavy atom. The molecule has 0 aromatic carbocycles. The maximum absolute atomic E-state index is 12.1. The summed E-state index contributed by atoms with van der Waals surface area (Å²) in [6.45, 7) is 2.07. The molecule has 1 fully saturated rings. The van der Waals surface area contributed by atoms with Crippen molar-refractivity contribution in [3.05, 3.63) is 29.9 Å². The fourth-order valence-corrected chi connectivity index (χ4v) is 3.04. The molecule has 2 aromatic heterocycles. The van der Waals surface area contributed by atoms with E-state index in [-0.39, 0.29) is 12.3 Å². The molecule has 6 heteroatoms. The molecule has 1 aliphatic carbocycles. The second-order valence-electron chi connectivity index (χ2n) is 6.09. The summed E-state index contributed by atoms with van der Waals surface area (Å²) in [5.41, 5.74) is 0.587. The fraction of sp³-hybridized carbons (Fsp3) is 0.529. The maximum atomic E-state index is 12.1. The van der Waals surface area contributed by atoms with Gasteiger partial charge in [-0.3, -0.25) is 4.79 Å². The van der Waals surface area contributed by atoms with E-state index in [2.05, 4.69) is 10.3 Å². The van der Waals surface area contributed by atoms with Gasteiger partial charge in [-0.1, -0.05) is 12.8 Å². The van der Waals surface area contributed by atoms with Crippen LogP contribution in [0.25, 0.3) is 11.7 Å². The number of oxazole rings is 1. The monoisotopic (exact) mass is 318 g/mol. The standard InChI is InChI=1S/C17H22N2O4/c1-11-13(19-17(23-11)15-7-4-8-22-15)9-16(21)18-10-14(20)12-5-2-3-6-12/h4,7-8,12,14,20H,2-3,5-6,9-10H2,1H3,(H,18,21). The molecule has 1 amide bonds. The van der Waals surface area contributed by atoms with Gasteiger partial charge in [0.2, 0.25) is 5.91 Å². The van der Waals surface area contributed by atoms with Crippen LogP contribution < -0.4 is 5.32 Å². The number of rotatable bonds is 6. The first-order chi connectivity index (χ1) is 11.1. The van der Waals surface area contributed by atoms with E-state index in [1.54, 1.807) is 25.3 Å². The first-order valence-electron chi connectivity index (χ1n) is 8.08. The Balaban J connectivity index is 1.53. The summed E-state index contributed by atoms with van der Waals surface area (Å²) in [6.07, 6.45) is 5.66. The van der Waals surface area contributed by atoms with Gasteiger partial charge in [0.05, 0.1) is 24.5 Å². The predicted octanol–water partition coefficient (Wildman–Crippen LogP) is 2.45. The lowest BCUT2D eigenvalue weighted by Gasteiger charge is -2.17. The average Bonchev–Trinajstić information content (AvgIpc) is 3.27. The van der Waals surface area contributed by atoms with Crippen LogP contribution in [0.4, 0.5) is 0 Å². The van der Waals surface area contributed by atoms with E-state index in [9.17, 15) is 9.90 Å². The summed E-state index contributed by atoms with van der Waals surface area (Å²) < 4.78 is 10.8. The van der Waals surface area contributed by atoms with Crippen LogP contribution >= 0.6 is 0 Å². The van der Waals surface area contributed by atoms with Crippen LogP contribution in [0.3, 0.4) is 0 Å². The number of carbonyl (C=O) groups is 1. The zero-order valence-corrected chi connectivity index (χ0v) is 13.2. The number of aliphatic hydroxyl groups excluding tert-OH is 1. The number of nitrogens with zero attached hydrogens (tertiary/aromatic N) is 1. The summed E-state index contributed by atoms with van der Waals surface area (Å²) in [6, 6.07) is 3.51. The van der Waals surface area contributed by atoms with Crippen LogP contribution in [0, 0.1) is 12.8 Å². The molecule has 0 spiro atoms. The number of nitrogens with one attached hydrogen (secondary N) is 1. The largest absolute Gasteiger partial charge is 0.459 e. The van der Waals surface area contributed by atoms with Crippen molar-refractivity contribution < 1.29 is 18.7 Å². The van der Waals surface area contributed by atoms with Gasteiger partial charge in [-0.2, -0.15) is 0 Å². The normalized spacial score (nSPS) is 16.6. The molecule has 1 atom stereocenters. The number of amides is 1. The molecule has 2 aromatic rings. The number of furan rings is 1. The van der Waals surface area contributed by atoms with Crippen LogP contribution in [-0.2, 0) is 11.2 Å². The Morgan fingerprint density at radius 2 is 2.26 bits per heavy atom. The van der Waals surface area contributed by atoms with Gasteiger partial charge in [-0.25, -0.2) is 4.98 Å². The molecular weight excluding hydrogens is 296 g/mol. The third kappa shape index (κ3) is 3.82. The Bertz CT molecular complexity index is 642. The van der Waals surface area contributed by atoms with Gasteiger partial charge in [0, 0.05) is 6.54 Å². The van der Waals surface area contributed by atoms with Crippen molar-refractivity contribution in [2.75, 3.05) is 6.54 Å². The molecule has 2 N–H and O–H groups in total. The summed E-state index contributed by atoms with van der Waals surface area (Å²) >= 11 is 0. The first-order valence-corrected chi connectivity index (χ1v) is 8.08. The molecule has 23 heavy (non-hydrogen) atoms. The molecular formula is C17H22N2O4. The summed E-state index contributed by atoms with van der Waals surface area (Å²) in [5.74, 6) is 1.67. The highest BCUT2D eigenvalue weighted by molar-refractivity contribution is 5.78. The molecule has 0 radical (unpaired) electrons. The number of hydrogen-bond acceptors (Lipinski definition) is 5. The maximum Gasteiger partial charge on any atom is 0.263 e. The zero-order chi connectivity index (χ0) is 16.2. The van der Waals surface area contributed by atoms with Crippen molar-refractivity contribution >= 4 is 5.91 Å². The third-order valence-electron chi connectivity index (χ3n) is 4.40. The summed E-state index contributed by atoms with van der Waals surface area (Å²) in [5, 5.41) is 12.9. The van der Waals surface area contributed by atoms with E-state index in [4.69, 9.17) is 8.83 Å². The summed E-state index contributed by atoms with van der Waals surface area (Å²) in [4.78, 5) is 16.4. The highest BCUT2D eigenvalue weighted by Gasteiger charge is 2.23. The molecule has 0 saturated heterocycles. The SMILES string of the molecule is Cc1oc(-c2ccco2)nc1CC(=O)NCC(O)C1CCCC1. The van der Waals surface area contributed by atoms with E-state index >= 15 is 0 Å². The Morgan fingerprint density at radius 3 is 2.96 bits per heavy atom. The van der Waals surface area contributed by atoms with Crippen LogP contribution in [0.15, 0.2) is 27.2 Å². The van der Waals surface area contributed by atoms with Crippen molar-refractivity contribution in [2.24, 2.45) is 5.92 Å². The lowest BCUT2D eigenvalue weighted by molar-refractivity contribution is -0.121. The molecule has 6 nitrogen and oxygen atoms in total. The smallest absolute Gasteiger partial charge is 0.263 e. The molecule has 2 heterocycles. The average molecular weight is 318 g/mol. The Kier molecular flexibility index (Phi) is 4.81. The van der Waals surface area contributed by atoms with Crippen molar-refractivity contribution in [1.82, 2.24) is 10.3 Å². The van der Waals surface area contributed by atoms with E-state index in [1.165, 1.54) is 12.8 Å². The minimum Gasteiger partial charge on any atom is -0.459 e. The molecule has 3 rings (SSSR count). The van der Waals surface area contributed by atoms with Crippen molar-refractivity contribution in [1.29, 1.82) is 0 Å². The van der Waals surface area contributed by atoms with Gasteiger partial charge < -0.3 is 19.3 Å². The van der Waals surface area contributed by atoms with Crippen LogP contribution in [0.1, 0.15) is 37.1 Å². The van der Waals surface area contributed by atoms with E-state index in [0.717, 1.165) is 12.8 Å². The molecule has 124 valence electrons. The van der Waals surface area contributed by atoms with E-state index in [1.807, 2.05) is 0 Å². The Labute approximate surface area is 134 Å². The Hall–Kier alpha value is -2.08. The highest BCUT2D eigenvalue weighted by atomic mass is 16.4. The van der Waals surface area contributed by atoms with Crippen LogP contribution in [0.2, 0.25) is 0 Å². The second-order valence-corrected chi connectivity index (χ2v) is 6.09. The van der Waals surface area contributed by atoms with Crippen LogP contribution in [0.5, 0.6) is 0 Å². The minimum absolute atomic E-state index is 0.132.